The summed E-state index contributed by atoms with van der Waals surface area (Å²) in [6.07, 6.45) is 3.58. The molecule has 2 heterocycles. The fraction of sp³-hybridized carbons (Fsp3) is 0.524. The van der Waals surface area contributed by atoms with Gasteiger partial charge in [-0.25, -0.2) is 4.39 Å². The minimum atomic E-state index is -0.282. The highest BCUT2D eigenvalue weighted by atomic mass is 35.5. The zero-order valence-corrected chi connectivity index (χ0v) is 17.3. The quantitative estimate of drug-likeness (QED) is 0.760. The second-order valence-corrected chi connectivity index (χ2v) is 7.99. The summed E-state index contributed by atoms with van der Waals surface area (Å²) < 4.78 is 15.3. The lowest BCUT2D eigenvalue weighted by Crippen LogP contribution is -2.35. The predicted octanol–water partition coefficient (Wildman–Crippen LogP) is 3.83. The topological polar surface area (TPSA) is 50.2 Å². The van der Waals surface area contributed by atoms with Gasteiger partial charge in [-0.1, -0.05) is 29.8 Å². The maximum atomic E-state index is 13.6. The Bertz CT molecular complexity index is 823. The van der Waals surface area contributed by atoms with Crippen LogP contribution in [0.1, 0.15) is 42.5 Å². The number of halogens is 2. The second-order valence-electron chi connectivity index (χ2n) is 7.63. The van der Waals surface area contributed by atoms with E-state index in [-0.39, 0.29) is 18.3 Å². The van der Waals surface area contributed by atoms with Crippen LogP contribution in [0, 0.1) is 18.7 Å². The molecule has 28 heavy (non-hydrogen) atoms. The molecule has 1 fully saturated rings. The van der Waals surface area contributed by atoms with Crippen molar-refractivity contribution in [3.8, 4) is 0 Å². The molecule has 2 aromatic rings. The highest BCUT2D eigenvalue weighted by Gasteiger charge is 2.23. The van der Waals surface area contributed by atoms with Crippen molar-refractivity contribution in [3.63, 3.8) is 0 Å². The monoisotopic (exact) mass is 406 g/mol. The first kappa shape index (κ1) is 20.8. The predicted molar refractivity (Wildman–Crippen MR) is 108 cm³/mol. The molecule has 3 rings (SSSR count). The summed E-state index contributed by atoms with van der Waals surface area (Å²) in [6.45, 7) is 5.03. The van der Waals surface area contributed by atoms with E-state index in [9.17, 15) is 9.18 Å². The smallest absolute Gasteiger partial charge is 0.220 e. The molecule has 7 heteroatoms. The minimum absolute atomic E-state index is 0.0217. The van der Waals surface area contributed by atoms with Gasteiger partial charge in [-0.2, -0.15) is 5.10 Å². The molecule has 5 nitrogen and oxygen atoms in total. The van der Waals surface area contributed by atoms with E-state index in [2.05, 4.69) is 15.3 Å². The van der Waals surface area contributed by atoms with Crippen LogP contribution in [0.4, 0.5) is 4.39 Å². The molecule has 1 atom stereocenters. The number of nitrogens with zero attached hydrogens (tertiary/aromatic N) is 3. The van der Waals surface area contributed by atoms with E-state index in [0.717, 1.165) is 50.2 Å². The van der Waals surface area contributed by atoms with Gasteiger partial charge in [0.25, 0.3) is 0 Å². The van der Waals surface area contributed by atoms with Crippen molar-refractivity contribution in [2.45, 2.75) is 45.7 Å². The number of hydrogen-bond acceptors (Lipinski definition) is 3. The lowest BCUT2D eigenvalue weighted by molar-refractivity contribution is -0.121. The van der Waals surface area contributed by atoms with Gasteiger partial charge in [-0.15, -0.1) is 0 Å². The lowest BCUT2D eigenvalue weighted by atomic mass is 9.93. The number of aromatic nitrogens is 2. The SMILES string of the molecule is Cc1nn(C)c(Cl)c1CN1CCC[C@H](CCC(=O)NCc2ccccc2F)C1. The third kappa shape index (κ3) is 5.32. The summed E-state index contributed by atoms with van der Waals surface area (Å²) in [5.74, 6) is 0.185. The van der Waals surface area contributed by atoms with E-state index in [1.807, 2.05) is 14.0 Å². The Morgan fingerprint density at radius 3 is 2.89 bits per heavy atom. The van der Waals surface area contributed by atoms with Gasteiger partial charge in [-0.3, -0.25) is 14.4 Å². The van der Waals surface area contributed by atoms with Gasteiger partial charge in [0.05, 0.1) is 5.69 Å². The molecular formula is C21H28ClFN4O. The molecule has 0 aliphatic carbocycles. The number of benzene rings is 1. The molecule has 1 aromatic carbocycles. The summed E-state index contributed by atoms with van der Waals surface area (Å²) in [4.78, 5) is 14.6. The first-order valence-corrected chi connectivity index (χ1v) is 10.2. The Morgan fingerprint density at radius 2 is 2.18 bits per heavy atom. The van der Waals surface area contributed by atoms with Crippen molar-refractivity contribution >= 4 is 17.5 Å². The molecule has 0 spiro atoms. The number of amides is 1. The minimum Gasteiger partial charge on any atom is -0.352 e. The molecule has 1 N–H and O–H groups in total. The summed E-state index contributed by atoms with van der Waals surface area (Å²) in [5, 5.41) is 7.91. The number of aryl methyl sites for hydroxylation is 2. The number of hydrogen-bond donors (Lipinski definition) is 1. The Morgan fingerprint density at radius 1 is 1.39 bits per heavy atom. The molecule has 152 valence electrons. The largest absolute Gasteiger partial charge is 0.352 e. The van der Waals surface area contributed by atoms with Crippen LogP contribution < -0.4 is 5.32 Å². The van der Waals surface area contributed by atoms with Crippen LogP contribution in [0.2, 0.25) is 5.15 Å². The van der Waals surface area contributed by atoms with Crippen molar-refractivity contribution in [1.29, 1.82) is 0 Å². The first-order chi connectivity index (χ1) is 13.4. The summed E-state index contributed by atoms with van der Waals surface area (Å²) in [7, 11) is 1.86. The maximum Gasteiger partial charge on any atom is 0.220 e. The fourth-order valence-corrected chi connectivity index (χ4v) is 4.10. The number of piperidine rings is 1. The van der Waals surface area contributed by atoms with E-state index in [4.69, 9.17) is 11.6 Å². The highest BCUT2D eigenvalue weighted by molar-refractivity contribution is 6.30. The van der Waals surface area contributed by atoms with Crippen molar-refractivity contribution < 1.29 is 9.18 Å². The molecule has 0 unspecified atom stereocenters. The summed E-state index contributed by atoms with van der Waals surface area (Å²) >= 11 is 6.36. The molecule has 0 bridgehead atoms. The van der Waals surface area contributed by atoms with Crippen LogP contribution in [0.3, 0.4) is 0 Å². The van der Waals surface area contributed by atoms with E-state index < -0.39 is 0 Å². The molecule has 1 aliphatic heterocycles. The van der Waals surface area contributed by atoms with Crippen molar-refractivity contribution in [3.05, 3.63) is 52.1 Å². The van der Waals surface area contributed by atoms with Gasteiger partial charge < -0.3 is 5.32 Å². The van der Waals surface area contributed by atoms with Crippen LogP contribution in [0.15, 0.2) is 24.3 Å². The maximum absolute atomic E-state index is 13.6. The van der Waals surface area contributed by atoms with Crippen molar-refractivity contribution in [1.82, 2.24) is 20.0 Å². The number of rotatable bonds is 7. The Hall–Kier alpha value is -1.92. The van der Waals surface area contributed by atoms with Crippen LogP contribution in [0.25, 0.3) is 0 Å². The number of nitrogens with one attached hydrogen (secondary N) is 1. The van der Waals surface area contributed by atoms with Crippen LogP contribution in [-0.4, -0.2) is 33.7 Å². The van der Waals surface area contributed by atoms with Crippen molar-refractivity contribution in [2.75, 3.05) is 13.1 Å². The van der Waals surface area contributed by atoms with Crippen LogP contribution in [0.5, 0.6) is 0 Å². The zero-order chi connectivity index (χ0) is 20.1. The highest BCUT2D eigenvalue weighted by Crippen LogP contribution is 2.26. The normalized spacial score (nSPS) is 17.6. The van der Waals surface area contributed by atoms with E-state index >= 15 is 0 Å². The Kier molecular flexibility index (Phi) is 7.08. The third-order valence-corrected chi connectivity index (χ3v) is 5.94. The number of carbonyl (C=O) groups is 1. The second kappa shape index (κ2) is 9.52. The standard InChI is InChI=1S/C21H28ClFN4O/c1-15-18(21(22)26(2)25-15)14-27-11-5-6-16(13-27)9-10-20(28)24-12-17-7-3-4-8-19(17)23/h3-4,7-8,16H,5-6,9-14H2,1-2H3,(H,24,28)/t16-/m1/s1. The van der Waals surface area contributed by atoms with Crippen LogP contribution in [-0.2, 0) is 24.9 Å². The number of carbonyl (C=O) groups excluding carboxylic acids is 1. The molecular weight excluding hydrogens is 379 g/mol. The van der Waals surface area contributed by atoms with Gasteiger partial charge >= 0.3 is 0 Å². The third-order valence-electron chi connectivity index (χ3n) is 5.47. The molecule has 1 saturated heterocycles. The van der Waals surface area contributed by atoms with Gasteiger partial charge in [0.2, 0.25) is 5.91 Å². The fourth-order valence-electron chi connectivity index (χ4n) is 3.87. The summed E-state index contributed by atoms with van der Waals surface area (Å²) in [6, 6.07) is 6.53. The molecule has 0 saturated carbocycles. The van der Waals surface area contributed by atoms with E-state index in [1.54, 1.807) is 22.9 Å². The van der Waals surface area contributed by atoms with Crippen LogP contribution >= 0.6 is 11.6 Å². The van der Waals surface area contributed by atoms with E-state index in [1.165, 1.54) is 6.07 Å². The average molecular weight is 407 g/mol. The molecule has 0 radical (unpaired) electrons. The van der Waals surface area contributed by atoms with Gasteiger partial charge in [0.1, 0.15) is 11.0 Å². The number of likely N-dealkylation sites (tertiary alicyclic amines) is 1. The summed E-state index contributed by atoms with van der Waals surface area (Å²) in [5.41, 5.74) is 2.58. The Labute approximate surface area is 170 Å². The lowest BCUT2D eigenvalue weighted by Gasteiger charge is -2.32. The van der Waals surface area contributed by atoms with Gasteiger partial charge in [-0.05, 0) is 44.7 Å². The Balaban J connectivity index is 1.44. The molecule has 1 aliphatic rings. The average Bonchev–Trinajstić information content (AvgIpc) is 2.92. The molecule has 1 amide bonds. The first-order valence-electron chi connectivity index (χ1n) is 9.84. The molecule has 1 aromatic heterocycles. The zero-order valence-electron chi connectivity index (χ0n) is 16.5. The van der Waals surface area contributed by atoms with Gasteiger partial charge in [0.15, 0.2) is 0 Å². The van der Waals surface area contributed by atoms with Gasteiger partial charge in [0, 0.05) is 44.2 Å². The van der Waals surface area contributed by atoms with E-state index in [0.29, 0.717) is 23.1 Å². The van der Waals surface area contributed by atoms with Crippen molar-refractivity contribution in [2.24, 2.45) is 13.0 Å².